The lowest BCUT2D eigenvalue weighted by molar-refractivity contribution is -0.209. The molecular formula is C12H18F3NO3. The predicted octanol–water partition coefficient (Wildman–Crippen LogP) is 2.43. The van der Waals surface area contributed by atoms with Gasteiger partial charge in [0.2, 0.25) is 5.91 Å². The van der Waals surface area contributed by atoms with Gasteiger partial charge in [-0.25, -0.2) is 0 Å². The zero-order valence-corrected chi connectivity index (χ0v) is 11.1. The number of likely N-dealkylation sites (tertiary alicyclic amines) is 1. The Morgan fingerprint density at radius 1 is 1.16 bits per heavy atom. The fourth-order valence-electron chi connectivity index (χ4n) is 2.61. The highest BCUT2D eigenvalue weighted by molar-refractivity contribution is 5.78. The van der Waals surface area contributed by atoms with E-state index in [2.05, 4.69) is 0 Å². The van der Waals surface area contributed by atoms with Gasteiger partial charge >= 0.3 is 12.1 Å². The van der Waals surface area contributed by atoms with Crippen LogP contribution in [0.5, 0.6) is 0 Å². The van der Waals surface area contributed by atoms with Gasteiger partial charge in [-0.15, -0.1) is 0 Å². The molecule has 1 N–H and O–H groups in total. The van der Waals surface area contributed by atoms with Crippen LogP contribution in [0.4, 0.5) is 13.2 Å². The molecule has 0 aliphatic carbocycles. The van der Waals surface area contributed by atoms with Gasteiger partial charge in [-0.2, -0.15) is 13.2 Å². The van der Waals surface area contributed by atoms with Crippen molar-refractivity contribution in [3.05, 3.63) is 0 Å². The zero-order valence-electron chi connectivity index (χ0n) is 11.1. The Hall–Kier alpha value is -1.27. The summed E-state index contributed by atoms with van der Waals surface area (Å²) in [4.78, 5) is 23.5. The number of halogens is 3. The number of alkyl halides is 3. The summed E-state index contributed by atoms with van der Waals surface area (Å²) >= 11 is 0. The minimum atomic E-state index is -4.53. The maximum atomic E-state index is 13.0. The van der Waals surface area contributed by atoms with E-state index in [1.165, 1.54) is 13.8 Å². The van der Waals surface area contributed by atoms with Crippen LogP contribution in [-0.2, 0) is 9.59 Å². The lowest BCUT2D eigenvalue weighted by Gasteiger charge is -2.47. The van der Waals surface area contributed by atoms with Crippen LogP contribution in [0, 0.1) is 5.41 Å². The molecule has 1 saturated heterocycles. The second-order valence-corrected chi connectivity index (χ2v) is 5.46. The molecule has 0 aromatic carbocycles. The third-order valence-corrected chi connectivity index (χ3v) is 3.75. The van der Waals surface area contributed by atoms with Gasteiger partial charge < -0.3 is 10.0 Å². The largest absolute Gasteiger partial charge is 0.481 e. The number of carbonyl (C=O) groups excluding carboxylic acids is 1. The summed E-state index contributed by atoms with van der Waals surface area (Å²) in [5.74, 6) is -1.94. The molecule has 0 radical (unpaired) electrons. The maximum absolute atomic E-state index is 13.0. The molecule has 2 atom stereocenters. The van der Waals surface area contributed by atoms with Crippen LogP contribution in [0.15, 0.2) is 0 Å². The SMILES string of the molecule is CC(=O)N1[C@H](C(C)(C)C(=O)O)CCC[C@@H]1C(F)(F)F. The van der Waals surface area contributed by atoms with Crippen molar-refractivity contribution in [1.29, 1.82) is 0 Å². The van der Waals surface area contributed by atoms with Crippen molar-refractivity contribution in [3.8, 4) is 0 Å². The topological polar surface area (TPSA) is 57.6 Å². The van der Waals surface area contributed by atoms with Crippen molar-refractivity contribution >= 4 is 11.9 Å². The van der Waals surface area contributed by atoms with Crippen LogP contribution in [-0.4, -0.2) is 40.1 Å². The van der Waals surface area contributed by atoms with Crippen molar-refractivity contribution in [2.75, 3.05) is 0 Å². The number of piperidine rings is 1. The number of nitrogens with zero attached hydrogens (tertiary/aromatic N) is 1. The Morgan fingerprint density at radius 3 is 2.00 bits per heavy atom. The van der Waals surface area contributed by atoms with Crippen molar-refractivity contribution in [2.24, 2.45) is 5.41 Å². The molecule has 0 bridgehead atoms. The quantitative estimate of drug-likeness (QED) is 0.845. The van der Waals surface area contributed by atoms with Gasteiger partial charge in [0.05, 0.1) is 5.41 Å². The van der Waals surface area contributed by atoms with E-state index in [1.54, 1.807) is 0 Å². The Kier molecular flexibility index (Phi) is 4.17. The molecule has 1 fully saturated rings. The maximum Gasteiger partial charge on any atom is 0.408 e. The Morgan fingerprint density at radius 2 is 1.63 bits per heavy atom. The van der Waals surface area contributed by atoms with Crippen LogP contribution in [0.25, 0.3) is 0 Å². The Balaban J connectivity index is 3.17. The Bertz CT molecular complexity index is 379. The number of carboxylic acids is 1. The van der Waals surface area contributed by atoms with E-state index in [0.29, 0.717) is 4.90 Å². The molecule has 7 heteroatoms. The standard InChI is InChI=1S/C12H18F3NO3/c1-7(17)16-8(11(2,3)10(18)19)5-4-6-9(16)12(13,14)15/h8-9H,4-6H2,1-3H3,(H,18,19)/t8-,9+/m0/s1. The molecule has 4 nitrogen and oxygen atoms in total. The summed E-state index contributed by atoms with van der Waals surface area (Å²) < 4.78 is 38.9. The van der Waals surface area contributed by atoms with Gasteiger partial charge in [-0.05, 0) is 33.1 Å². The molecule has 1 aliphatic heterocycles. The molecule has 1 rings (SSSR count). The molecule has 0 unspecified atom stereocenters. The van der Waals surface area contributed by atoms with Gasteiger partial charge in [0.15, 0.2) is 0 Å². The molecule has 19 heavy (non-hydrogen) atoms. The van der Waals surface area contributed by atoms with E-state index in [-0.39, 0.29) is 19.3 Å². The summed E-state index contributed by atoms with van der Waals surface area (Å²) in [5.41, 5.74) is -1.41. The van der Waals surface area contributed by atoms with E-state index >= 15 is 0 Å². The average molecular weight is 281 g/mol. The summed E-state index contributed by atoms with van der Waals surface area (Å²) in [5, 5.41) is 9.16. The van der Waals surface area contributed by atoms with Crippen LogP contribution in [0.2, 0.25) is 0 Å². The minimum absolute atomic E-state index is 0.171. The molecule has 0 spiro atoms. The smallest absolute Gasteiger partial charge is 0.408 e. The first-order chi connectivity index (χ1) is 8.49. The molecule has 0 aromatic heterocycles. The first-order valence-corrected chi connectivity index (χ1v) is 6.08. The summed E-state index contributed by atoms with van der Waals surface area (Å²) in [6.45, 7) is 3.76. The second kappa shape index (κ2) is 5.02. The number of hydrogen-bond donors (Lipinski definition) is 1. The van der Waals surface area contributed by atoms with Crippen LogP contribution < -0.4 is 0 Å². The van der Waals surface area contributed by atoms with Crippen molar-refractivity contribution in [2.45, 2.75) is 58.3 Å². The monoisotopic (exact) mass is 281 g/mol. The lowest BCUT2D eigenvalue weighted by atomic mass is 9.77. The summed E-state index contributed by atoms with van der Waals surface area (Å²) in [6, 6.07) is -2.83. The third kappa shape index (κ3) is 3.01. The second-order valence-electron chi connectivity index (χ2n) is 5.46. The highest BCUT2D eigenvalue weighted by Crippen LogP contribution is 2.40. The average Bonchev–Trinajstić information content (AvgIpc) is 2.26. The molecule has 110 valence electrons. The number of carbonyl (C=O) groups is 2. The predicted molar refractivity (Wildman–Crippen MR) is 61.4 cm³/mol. The minimum Gasteiger partial charge on any atom is -0.481 e. The van der Waals surface area contributed by atoms with E-state index in [9.17, 15) is 22.8 Å². The number of aliphatic carboxylic acids is 1. The van der Waals surface area contributed by atoms with Crippen molar-refractivity contribution < 1.29 is 27.9 Å². The van der Waals surface area contributed by atoms with Crippen LogP contribution in [0.3, 0.4) is 0 Å². The number of hydrogen-bond acceptors (Lipinski definition) is 2. The first kappa shape index (κ1) is 15.8. The van der Waals surface area contributed by atoms with E-state index < -0.39 is 35.6 Å². The highest BCUT2D eigenvalue weighted by atomic mass is 19.4. The van der Waals surface area contributed by atoms with Crippen molar-refractivity contribution in [1.82, 2.24) is 4.90 Å². The van der Waals surface area contributed by atoms with Crippen molar-refractivity contribution in [3.63, 3.8) is 0 Å². The summed E-state index contributed by atoms with van der Waals surface area (Å²) in [7, 11) is 0. The first-order valence-electron chi connectivity index (χ1n) is 6.08. The van der Waals surface area contributed by atoms with Gasteiger partial charge in [-0.1, -0.05) is 0 Å². The summed E-state index contributed by atoms with van der Waals surface area (Å²) in [6.07, 6.45) is -4.17. The van der Waals surface area contributed by atoms with E-state index in [4.69, 9.17) is 5.11 Å². The van der Waals surface area contributed by atoms with Gasteiger partial charge in [0, 0.05) is 13.0 Å². The highest BCUT2D eigenvalue weighted by Gasteiger charge is 2.53. The fourth-order valence-corrected chi connectivity index (χ4v) is 2.61. The molecule has 0 aromatic rings. The van der Waals surface area contributed by atoms with E-state index in [0.717, 1.165) is 6.92 Å². The zero-order chi connectivity index (χ0) is 15.0. The molecule has 1 amide bonds. The molecule has 1 heterocycles. The number of amides is 1. The number of rotatable bonds is 2. The van der Waals surface area contributed by atoms with Crippen LogP contribution >= 0.6 is 0 Å². The molecule has 1 aliphatic rings. The molecule has 0 saturated carbocycles. The lowest BCUT2D eigenvalue weighted by Crippen LogP contribution is -2.60. The fraction of sp³-hybridized carbons (Fsp3) is 0.833. The normalized spacial score (nSPS) is 25.3. The van der Waals surface area contributed by atoms with Gasteiger partial charge in [0.25, 0.3) is 0 Å². The third-order valence-electron chi connectivity index (χ3n) is 3.75. The van der Waals surface area contributed by atoms with Gasteiger partial charge in [-0.3, -0.25) is 9.59 Å². The van der Waals surface area contributed by atoms with Gasteiger partial charge in [0.1, 0.15) is 6.04 Å². The molecular weight excluding hydrogens is 263 g/mol. The van der Waals surface area contributed by atoms with E-state index in [1.807, 2.05) is 0 Å². The van der Waals surface area contributed by atoms with Crippen LogP contribution in [0.1, 0.15) is 40.0 Å². The Labute approximate surface area is 109 Å². The number of carboxylic acid groups (broad SMARTS) is 1.